The molecule has 0 unspecified atom stereocenters. The number of ether oxygens (including phenoxy) is 1. The van der Waals surface area contributed by atoms with Crippen LogP contribution in [0, 0.1) is 6.92 Å². The number of hydrogen-bond acceptors (Lipinski definition) is 3. The summed E-state index contributed by atoms with van der Waals surface area (Å²) in [4.78, 5) is 4.31. The van der Waals surface area contributed by atoms with Crippen molar-refractivity contribution in [3.8, 4) is 0 Å². The molecule has 2 rings (SSSR count). The third-order valence-electron chi connectivity index (χ3n) is 2.95. The first kappa shape index (κ1) is 12.6. The van der Waals surface area contributed by atoms with Crippen LogP contribution in [0.1, 0.15) is 11.1 Å². The monoisotopic (exact) mass is 245 g/mol. The number of nitrogens with one attached hydrogen (secondary N) is 1. The molecule has 0 bridgehead atoms. The molecule has 0 aliphatic heterocycles. The molecule has 1 aromatic heterocycles. The number of anilines is 1. The molecule has 2 aromatic rings. The molecule has 1 heterocycles. The molecular weight excluding hydrogens is 226 g/mol. The minimum Gasteiger partial charge on any atom is -0.383 e. The van der Waals surface area contributed by atoms with Gasteiger partial charge in [-0.1, -0.05) is 24.3 Å². The van der Waals surface area contributed by atoms with Gasteiger partial charge in [-0.2, -0.15) is 0 Å². The first-order valence-corrected chi connectivity index (χ1v) is 6.09. The largest absolute Gasteiger partial charge is 0.383 e. The van der Waals surface area contributed by atoms with Gasteiger partial charge in [0.2, 0.25) is 5.95 Å². The number of hydrogen-bond donors (Lipinski definition) is 1. The average Bonchev–Trinajstić information content (AvgIpc) is 2.83. The minimum absolute atomic E-state index is 0.690. The number of benzene rings is 1. The summed E-state index contributed by atoms with van der Waals surface area (Å²) >= 11 is 0. The molecule has 1 N–H and O–H groups in total. The minimum atomic E-state index is 0.690. The van der Waals surface area contributed by atoms with E-state index in [4.69, 9.17) is 4.74 Å². The van der Waals surface area contributed by atoms with Crippen molar-refractivity contribution in [3.05, 3.63) is 47.8 Å². The summed E-state index contributed by atoms with van der Waals surface area (Å²) < 4.78 is 7.13. The van der Waals surface area contributed by atoms with Crippen LogP contribution in [0.5, 0.6) is 0 Å². The molecule has 0 spiro atoms. The van der Waals surface area contributed by atoms with Crippen molar-refractivity contribution in [1.29, 1.82) is 0 Å². The smallest absolute Gasteiger partial charge is 0.203 e. The van der Waals surface area contributed by atoms with E-state index >= 15 is 0 Å². The van der Waals surface area contributed by atoms with Gasteiger partial charge in [0.1, 0.15) is 0 Å². The topological polar surface area (TPSA) is 39.1 Å². The predicted octanol–water partition coefficient (Wildman–Crippen LogP) is 2.45. The highest BCUT2D eigenvalue weighted by atomic mass is 16.5. The molecule has 0 fully saturated rings. The van der Waals surface area contributed by atoms with Crippen molar-refractivity contribution in [2.24, 2.45) is 0 Å². The number of methoxy groups -OCH3 is 1. The summed E-state index contributed by atoms with van der Waals surface area (Å²) in [5.74, 6) is 0.885. The number of aromatic nitrogens is 2. The number of nitrogens with zero attached hydrogens (tertiary/aromatic N) is 2. The Bertz CT molecular complexity index is 493. The van der Waals surface area contributed by atoms with Crippen molar-refractivity contribution < 1.29 is 4.74 Å². The number of rotatable bonds is 6. The van der Waals surface area contributed by atoms with E-state index in [1.807, 2.05) is 6.20 Å². The summed E-state index contributed by atoms with van der Waals surface area (Å²) in [6.45, 7) is 4.41. The van der Waals surface area contributed by atoms with Crippen LogP contribution in [0.25, 0.3) is 0 Å². The van der Waals surface area contributed by atoms with Crippen LogP contribution < -0.4 is 5.32 Å². The molecule has 0 saturated heterocycles. The second-order valence-corrected chi connectivity index (χ2v) is 4.22. The van der Waals surface area contributed by atoms with Crippen LogP contribution in [0.2, 0.25) is 0 Å². The van der Waals surface area contributed by atoms with Gasteiger partial charge in [-0.3, -0.25) is 0 Å². The average molecular weight is 245 g/mol. The third-order valence-corrected chi connectivity index (χ3v) is 2.95. The predicted molar refractivity (Wildman–Crippen MR) is 72.6 cm³/mol. The van der Waals surface area contributed by atoms with Gasteiger partial charge in [0.15, 0.2) is 0 Å². The molecule has 4 heteroatoms. The Labute approximate surface area is 108 Å². The SMILES string of the molecule is COCCn1ccnc1NCc1ccccc1C. The molecule has 0 atom stereocenters. The maximum absolute atomic E-state index is 5.08. The lowest BCUT2D eigenvalue weighted by Gasteiger charge is -2.10. The Morgan fingerprint density at radius 3 is 2.94 bits per heavy atom. The van der Waals surface area contributed by atoms with Crippen LogP contribution in [0.15, 0.2) is 36.7 Å². The van der Waals surface area contributed by atoms with Gasteiger partial charge in [-0.15, -0.1) is 0 Å². The molecule has 0 aliphatic carbocycles. The van der Waals surface area contributed by atoms with Crippen LogP contribution in [-0.2, 0) is 17.8 Å². The second-order valence-electron chi connectivity index (χ2n) is 4.22. The van der Waals surface area contributed by atoms with E-state index in [0.29, 0.717) is 6.61 Å². The summed E-state index contributed by atoms with van der Waals surface area (Å²) in [6.07, 6.45) is 3.76. The van der Waals surface area contributed by atoms with E-state index in [1.165, 1.54) is 11.1 Å². The Morgan fingerprint density at radius 1 is 1.33 bits per heavy atom. The zero-order chi connectivity index (χ0) is 12.8. The molecular formula is C14H19N3O. The van der Waals surface area contributed by atoms with E-state index in [1.54, 1.807) is 13.3 Å². The Balaban J connectivity index is 1.98. The number of aryl methyl sites for hydroxylation is 1. The summed E-state index contributed by atoms with van der Waals surface area (Å²) in [6, 6.07) is 8.36. The fraction of sp³-hybridized carbons (Fsp3) is 0.357. The standard InChI is InChI=1S/C14H19N3O/c1-12-5-3-4-6-13(12)11-16-14-15-7-8-17(14)9-10-18-2/h3-8H,9-11H2,1-2H3,(H,15,16). The summed E-state index contributed by atoms with van der Waals surface area (Å²) in [7, 11) is 1.71. The Morgan fingerprint density at radius 2 is 2.17 bits per heavy atom. The Kier molecular flexibility index (Phi) is 4.36. The maximum Gasteiger partial charge on any atom is 0.203 e. The lowest BCUT2D eigenvalue weighted by Crippen LogP contribution is -2.10. The Hall–Kier alpha value is -1.81. The van der Waals surface area contributed by atoms with Crippen LogP contribution in [0.3, 0.4) is 0 Å². The number of imidazole rings is 1. The van der Waals surface area contributed by atoms with Gasteiger partial charge in [-0.05, 0) is 18.1 Å². The van der Waals surface area contributed by atoms with Gasteiger partial charge in [-0.25, -0.2) is 4.98 Å². The second kappa shape index (κ2) is 6.21. The first-order chi connectivity index (χ1) is 8.81. The van der Waals surface area contributed by atoms with Gasteiger partial charge < -0.3 is 14.6 Å². The van der Waals surface area contributed by atoms with Crippen molar-refractivity contribution in [3.63, 3.8) is 0 Å². The maximum atomic E-state index is 5.08. The lowest BCUT2D eigenvalue weighted by atomic mass is 10.1. The molecule has 18 heavy (non-hydrogen) atoms. The molecule has 0 radical (unpaired) electrons. The van der Waals surface area contributed by atoms with Crippen LogP contribution in [0.4, 0.5) is 5.95 Å². The molecule has 4 nitrogen and oxygen atoms in total. The van der Waals surface area contributed by atoms with Gasteiger partial charge >= 0.3 is 0 Å². The highest BCUT2D eigenvalue weighted by Gasteiger charge is 2.03. The van der Waals surface area contributed by atoms with Crippen molar-refractivity contribution in [1.82, 2.24) is 9.55 Å². The van der Waals surface area contributed by atoms with Crippen molar-refractivity contribution in [2.75, 3.05) is 19.0 Å². The summed E-state index contributed by atoms with van der Waals surface area (Å²) in [5.41, 5.74) is 2.58. The van der Waals surface area contributed by atoms with Crippen molar-refractivity contribution >= 4 is 5.95 Å². The van der Waals surface area contributed by atoms with E-state index in [0.717, 1.165) is 19.0 Å². The molecule has 0 saturated carbocycles. The van der Waals surface area contributed by atoms with E-state index in [-0.39, 0.29) is 0 Å². The highest BCUT2D eigenvalue weighted by Crippen LogP contribution is 2.10. The quantitative estimate of drug-likeness (QED) is 0.849. The highest BCUT2D eigenvalue weighted by molar-refractivity contribution is 5.32. The normalized spacial score (nSPS) is 10.6. The van der Waals surface area contributed by atoms with Gasteiger partial charge in [0, 0.05) is 32.6 Å². The fourth-order valence-corrected chi connectivity index (χ4v) is 1.83. The van der Waals surface area contributed by atoms with E-state index in [9.17, 15) is 0 Å². The fourth-order valence-electron chi connectivity index (χ4n) is 1.83. The van der Waals surface area contributed by atoms with Gasteiger partial charge in [0.05, 0.1) is 6.61 Å². The molecule has 0 amide bonds. The lowest BCUT2D eigenvalue weighted by molar-refractivity contribution is 0.187. The summed E-state index contributed by atoms with van der Waals surface area (Å²) in [5, 5.41) is 3.36. The zero-order valence-electron chi connectivity index (χ0n) is 10.9. The van der Waals surface area contributed by atoms with Crippen molar-refractivity contribution in [2.45, 2.75) is 20.0 Å². The van der Waals surface area contributed by atoms with Crippen LogP contribution >= 0.6 is 0 Å². The third kappa shape index (κ3) is 3.11. The van der Waals surface area contributed by atoms with Crippen LogP contribution in [-0.4, -0.2) is 23.3 Å². The molecule has 96 valence electrons. The molecule has 0 aliphatic rings. The van der Waals surface area contributed by atoms with E-state index < -0.39 is 0 Å². The van der Waals surface area contributed by atoms with E-state index in [2.05, 4.69) is 46.1 Å². The first-order valence-electron chi connectivity index (χ1n) is 6.09. The molecule has 1 aromatic carbocycles. The zero-order valence-corrected chi connectivity index (χ0v) is 10.9. The van der Waals surface area contributed by atoms with Gasteiger partial charge in [0.25, 0.3) is 0 Å².